The fraction of sp³-hybridized carbons (Fsp3) is 0.346. The van der Waals surface area contributed by atoms with E-state index in [0.717, 1.165) is 29.1 Å². The highest BCUT2D eigenvalue weighted by molar-refractivity contribution is 5.77. The van der Waals surface area contributed by atoms with Gasteiger partial charge in [-0.15, -0.1) is 0 Å². The molecule has 2 aromatic heterocycles. The Bertz CT molecular complexity index is 1480. The molecule has 0 bridgehead atoms. The van der Waals surface area contributed by atoms with Crippen LogP contribution in [0.5, 0.6) is 5.75 Å². The Morgan fingerprint density at radius 2 is 1.79 bits per heavy atom. The summed E-state index contributed by atoms with van der Waals surface area (Å²) in [7, 11) is 1.68. The summed E-state index contributed by atoms with van der Waals surface area (Å²) in [5.41, 5.74) is 3.17. The van der Waals surface area contributed by atoms with E-state index in [1.165, 1.54) is 9.13 Å². The normalized spacial score (nSPS) is 15.5. The quantitative estimate of drug-likeness (QED) is 0.457. The summed E-state index contributed by atoms with van der Waals surface area (Å²) >= 11 is 0. The molecule has 0 radical (unpaired) electrons. The van der Waals surface area contributed by atoms with E-state index in [1.807, 2.05) is 66.9 Å². The molecule has 0 saturated carbocycles. The van der Waals surface area contributed by atoms with Crippen molar-refractivity contribution < 1.29 is 4.74 Å². The Balaban J connectivity index is 1.67. The lowest BCUT2D eigenvalue weighted by Gasteiger charge is -2.33. The Kier molecular flexibility index (Phi) is 5.51. The van der Waals surface area contributed by atoms with E-state index in [2.05, 4.69) is 11.8 Å². The van der Waals surface area contributed by atoms with Gasteiger partial charge in [0, 0.05) is 25.8 Å². The van der Waals surface area contributed by atoms with Gasteiger partial charge in [0.25, 0.3) is 5.56 Å². The molecule has 1 atom stereocenters. The van der Waals surface area contributed by atoms with E-state index < -0.39 is 0 Å². The van der Waals surface area contributed by atoms with Crippen LogP contribution in [0, 0.1) is 12.8 Å². The molecule has 1 aliphatic rings. The van der Waals surface area contributed by atoms with Gasteiger partial charge in [-0.2, -0.15) is 4.98 Å². The highest BCUT2D eigenvalue weighted by Gasteiger charge is 2.30. The second kappa shape index (κ2) is 8.52. The van der Waals surface area contributed by atoms with Gasteiger partial charge in [-0.05, 0) is 55.2 Å². The van der Waals surface area contributed by atoms with Crippen molar-refractivity contribution in [3.8, 4) is 5.75 Å². The monoisotopic (exact) mass is 459 g/mol. The molecule has 176 valence electrons. The number of anilines is 2. The van der Waals surface area contributed by atoms with E-state index in [4.69, 9.17) is 9.72 Å². The van der Waals surface area contributed by atoms with Crippen LogP contribution in [0.1, 0.15) is 25.0 Å². The third kappa shape index (κ3) is 3.59. The first kappa shape index (κ1) is 22.0. The van der Waals surface area contributed by atoms with Crippen LogP contribution >= 0.6 is 0 Å². The molecule has 8 nitrogen and oxygen atoms in total. The minimum absolute atomic E-state index is 0.229. The van der Waals surface area contributed by atoms with Crippen LogP contribution in [0.4, 0.5) is 11.6 Å². The second-order valence-corrected chi connectivity index (χ2v) is 9.00. The number of aromatic nitrogens is 4. The number of imidazole rings is 1. The topological polar surface area (TPSA) is 74.3 Å². The summed E-state index contributed by atoms with van der Waals surface area (Å²) in [5.74, 6) is 1.78. The van der Waals surface area contributed by atoms with Crippen molar-refractivity contribution in [2.75, 3.05) is 18.1 Å². The van der Waals surface area contributed by atoms with Gasteiger partial charge in [0.2, 0.25) is 5.95 Å². The number of nitrogens with zero attached hydrogens (tertiary/aromatic N) is 5. The van der Waals surface area contributed by atoms with Crippen molar-refractivity contribution in [1.82, 2.24) is 18.7 Å². The van der Waals surface area contributed by atoms with E-state index >= 15 is 0 Å². The maximum atomic E-state index is 13.7. The maximum absolute atomic E-state index is 13.7. The average Bonchev–Trinajstić information content (AvgIpc) is 3.21. The molecule has 8 heteroatoms. The molecule has 4 aromatic rings. The van der Waals surface area contributed by atoms with Crippen molar-refractivity contribution in [3.05, 3.63) is 80.5 Å². The van der Waals surface area contributed by atoms with Crippen LogP contribution < -0.4 is 20.9 Å². The lowest BCUT2D eigenvalue weighted by Crippen LogP contribution is -2.40. The van der Waals surface area contributed by atoms with Gasteiger partial charge in [-0.25, -0.2) is 4.79 Å². The van der Waals surface area contributed by atoms with Gasteiger partial charge in [-0.1, -0.05) is 31.2 Å². The molecule has 0 saturated heterocycles. The van der Waals surface area contributed by atoms with Gasteiger partial charge >= 0.3 is 5.69 Å². The third-order valence-corrected chi connectivity index (χ3v) is 6.49. The fourth-order valence-electron chi connectivity index (χ4n) is 4.71. The fourth-order valence-corrected chi connectivity index (χ4v) is 4.71. The van der Waals surface area contributed by atoms with Crippen molar-refractivity contribution in [1.29, 1.82) is 0 Å². The number of rotatable bonds is 5. The molecule has 0 fully saturated rings. The summed E-state index contributed by atoms with van der Waals surface area (Å²) in [6.45, 7) is 8.37. The first-order chi connectivity index (χ1) is 16.4. The lowest BCUT2D eigenvalue weighted by molar-refractivity contribution is 0.340. The highest BCUT2D eigenvalue weighted by Crippen LogP contribution is 2.33. The van der Waals surface area contributed by atoms with Crippen molar-refractivity contribution in [2.24, 2.45) is 13.0 Å². The lowest BCUT2D eigenvalue weighted by atomic mass is 10.1. The number of fused-ring (bicyclic) bond motifs is 3. The molecule has 0 spiro atoms. The first-order valence-corrected chi connectivity index (χ1v) is 11.6. The molecule has 1 aliphatic heterocycles. The van der Waals surface area contributed by atoms with Crippen LogP contribution in [0.15, 0.2) is 58.1 Å². The molecule has 0 amide bonds. The number of aryl methyl sites for hydroxylation is 2. The van der Waals surface area contributed by atoms with Gasteiger partial charge in [0.1, 0.15) is 5.75 Å². The zero-order valence-corrected chi connectivity index (χ0v) is 20.0. The van der Waals surface area contributed by atoms with Gasteiger partial charge < -0.3 is 14.2 Å². The minimum Gasteiger partial charge on any atom is -0.494 e. The average molecular weight is 460 g/mol. The van der Waals surface area contributed by atoms with Crippen LogP contribution in [0.2, 0.25) is 0 Å². The zero-order chi connectivity index (χ0) is 24.0. The van der Waals surface area contributed by atoms with E-state index in [9.17, 15) is 9.59 Å². The Labute approximate surface area is 197 Å². The SMILES string of the molecule is CCOc1ccc(N2C[C@H](C)Cn3c2nc2c3c(=O)n(Cc3ccccc3C)c(=O)n2C)cc1. The summed E-state index contributed by atoms with van der Waals surface area (Å²) in [6.07, 6.45) is 0. The van der Waals surface area contributed by atoms with Crippen LogP contribution in [0.25, 0.3) is 11.2 Å². The zero-order valence-electron chi connectivity index (χ0n) is 20.0. The van der Waals surface area contributed by atoms with Gasteiger partial charge in [0.15, 0.2) is 11.2 Å². The van der Waals surface area contributed by atoms with Crippen LogP contribution in [-0.4, -0.2) is 31.8 Å². The van der Waals surface area contributed by atoms with E-state index in [0.29, 0.717) is 30.3 Å². The van der Waals surface area contributed by atoms with Crippen LogP contribution in [0.3, 0.4) is 0 Å². The highest BCUT2D eigenvalue weighted by atomic mass is 16.5. The maximum Gasteiger partial charge on any atom is 0.332 e. The number of hydrogen-bond acceptors (Lipinski definition) is 5. The minimum atomic E-state index is -0.364. The summed E-state index contributed by atoms with van der Waals surface area (Å²) in [6, 6.07) is 15.7. The van der Waals surface area contributed by atoms with Gasteiger partial charge in [0.05, 0.1) is 13.2 Å². The smallest absolute Gasteiger partial charge is 0.332 e. The van der Waals surface area contributed by atoms with Crippen molar-refractivity contribution in [2.45, 2.75) is 33.9 Å². The van der Waals surface area contributed by atoms with Gasteiger partial charge in [-0.3, -0.25) is 13.9 Å². The van der Waals surface area contributed by atoms with Crippen molar-refractivity contribution >= 4 is 22.8 Å². The molecular formula is C26H29N5O3. The molecule has 34 heavy (non-hydrogen) atoms. The molecular weight excluding hydrogens is 430 g/mol. The molecule has 2 aromatic carbocycles. The molecule has 0 N–H and O–H groups in total. The van der Waals surface area contributed by atoms with Crippen LogP contribution in [-0.2, 0) is 20.1 Å². The Hall–Kier alpha value is -3.81. The Morgan fingerprint density at radius 3 is 2.50 bits per heavy atom. The predicted octanol–water partition coefficient (Wildman–Crippen LogP) is 3.44. The summed E-state index contributed by atoms with van der Waals surface area (Å²) in [5, 5.41) is 0. The molecule has 0 unspecified atom stereocenters. The summed E-state index contributed by atoms with van der Waals surface area (Å²) in [4.78, 5) is 33.8. The molecule has 0 aliphatic carbocycles. The predicted molar refractivity (Wildman–Crippen MR) is 133 cm³/mol. The first-order valence-electron chi connectivity index (χ1n) is 11.6. The van der Waals surface area contributed by atoms with E-state index in [1.54, 1.807) is 7.05 Å². The van der Waals surface area contributed by atoms with Crippen molar-refractivity contribution in [3.63, 3.8) is 0 Å². The largest absolute Gasteiger partial charge is 0.494 e. The molecule has 3 heterocycles. The Morgan fingerprint density at radius 1 is 1.06 bits per heavy atom. The third-order valence-electron chi connectivity index (χ3n) is 6.49. The second-order valence-electron chi connectivity index (χ2n) is 9.00. The molecule has 5 rings (SSSR count). The standard InChI is InChI=1S/C26H29N5O3/c1-5-34-21-12-10-20(11-13-21)29-14-17(2)15-30-22-23(27-25(29)30)28(4)26(33)31(24(22)32)16-19-9-7-6-8-18(19)3/h6-13,17H,5,14-16H2,1-4H3/t17-/m0/s1. The number of hydrogen-bond donors (Lipinski definition) is 0. The number of benzene rings is 2. The van der Waals surface area contributed by atoms with E-state index in [-0.39, 0.29) is 23.7 Å². The summed E-state index contributed by atoms with van der Waals surface area (Å²) < 4.78 is 10.4. The number of ether oxygens (including phenoxy) is 1.